The molecule has 0 aliphatic rings. The number of aryl methyl sites for hydroxylation is 1. The van der Waals surface area contributed by atoms with Crippen LogP contribution in [-0.2, 0) is 9.59 Å². The maximum Gasteiger partial charge on any atom is 0.328 e. The van der Waals surface area contributed by atoms with Crippen molar-refractivity contribution < 1.29 is 24.5 Å². The van der Waals surface area contributed by atoms with Crippen LogP contribution in [0.25, 0.3) is 6.08 Å². The fraction of sp³-hybridized carbons (Fsp3) is 0.333. The second kappa shape index (κ2) is 6.23. The third kappa shape index (κ3) is 4.42. The predicted molar refractivity (Wildman–Crippen MR) is 74.8 cm³/mol. The SMILES string of the molecule is Cc1ccc(OCC(C)(C)C(=O)O)c(C=CC(=O)O)c1. The third-order valence-electron chi connectivity index (χ3n) is 2.74. The quantitative estimate of drug-likeness (QED) is 0.781. The Morgan fingerprint density at radius 2 is 1.95 bits per heavy atom. The Kier molecular flexibility index (Phi) is 4.91. The molecule has 0 saturated carbocycles. The summed E-state index contributed by atoms with van der Waals surface area (Å²) >= 11 is 0. The minimum absolute atomic E-state index is 0.000689. The lowest BCUT2D eigenvalue weighted by Gasteiger charge is -2.20. The van der Waals surface area contributed by atoms with Gasteiger partial charge in [0, 0.05) is 11.6 Å². The summed E-state index contributed by atoms with van der Waals surface area (Å²) in [6, 6.07) is 5.30. The molecule has 1 rings (SSSR count). The molecule has 5 nitrogen and oxygen atoms in total. The van der Waals surface area contributed by atoms with E-state index in [1.165, 1.54) is 6.08 Å². The largest absolute Gasteiger partial charge is 0.492 e. The summed E-state index contributed by atoms with van der Waals surface area (Å²) in [5.41, 5.74) is 0.548. The molecule has 0 atom stereocenters. The van der Waals surface area contributed by atoms with Gasteiger partial charge in [0.15, 0.2) is 0 Å². The Morgan fingerprint density at radius 1 is 1.30 bits per heavy atom. The van der Waals surface area contributed by atoms with Gasteiger partial charge in [-0.3, -0.25) is 4.79 Å². The summed E-state index contributed by atoms with van der Waals surface area (Å²) in [5, 5.41) is 17.7. The molecule has 0 aliphatic heterocycles. The van der Waals surface area contributed by atoms with Crippen LogP contribution in [0.5, 0.6) is 5.75 Å². The lowest BCUT2D eigenvalue weighted by Crippen LogP contribution is -2.30. The zero-order chi connectivity index (χ0) is 15.3. The third-order valence-corrected chi connectivity index (χ3v) is 2.74. The number of rotatable bonds is 6. The van der Waals surface area contributed by atoms with E-state index in [-0.39, 0.29) is 6.61 Å². The van der Waals surface area contributed by atoms with Gasteiger partial charge in [-0.25, -0.2) is 4.79 Å². The number of carboxylic acids is 2. The van der Waals surface area contributed by atoms with Crippen molar-refractivity contribution in [3.63, 3.8) is 0 Å². The summed E-state index contributed by atoms with van der Waals surface area (Å²) in [7, 11) is 0. The van der Waals surface area contributed by atoms with Crippen molar-refractivity contribution in [1.29, 1.82) is 0 Å². The van der Waals surface area contributed by atoms with Crippen molar-refractivity contribution in [2.45, 2.75) is 20.8 Å². The zero-order valence-electron chi connectivity index (χ0n) is 11.7. The van der Waals surface area contributed by atoms with Crippen molar-refractivity contribution in [3.8, 4) is 5.75 Å². The minimum atomic E-state index is -1.05. The smallest absolute Gasteiger partial charge is 0.328 e. The number of carboxylic acid groups (broad SMARTS) is 2. The van der Waals surface area contributed by atoms with Crippen LogP contribution in [0.2, 0.25) is 0 Å². The molecule has 1 aromatic rings. The van der Waals surface area contributed by atoms with E-state index < -0.39 is 17.4 Å². The number of aliphatic carboxylic acids is 2. The van der Waals surface area contributed by atoms with Gasteiger partial charge in [0.2, 0.25) is 0 Å². The summed E-state index contributed by atoms with van der Waals surface area (Å²) in [5.74, 6) is -1.54. The number of hydrogen-bond acceptors (Lipinski definition) is 3. The molecule has 5 heteroatoms. The molecule has 1 aromatic carbocycles. The predicted octanol–water partition coefficient (Wildman–Crippen LogP) is 2.58. The van der Waals surface area contributed by atoms with E-state index in [2.05, 4.69) is 0 Å². The van der Waals surface area contributed by atoms with Crippen LogP contribution in [-0.4, -0.2) is 28.8 Å². The van der Waals surface area contributed by atoms with Crippen LogP contribution in [0.3, 0.4) is 0 Å². The standard InChI is InChI=1S/C15H18O5/c1-10-4-6-12(11(8-10)5-7-13(16)17)20-9-15(2,3)14(18)19/h4-8H,9H2,1-3H3,(H,16,17)(H,18,19). The Balaban J connectivity index is 2.95. The van der Waals surface area contributed by atoms with Crippen molar-refractivity contribution in [2.24, 2.45) is 5.41 Å². The average Bonchev–Trinajstić information content (AvgIpc) is 2.34. The molecule has 0 amide bonds. The van der Waals surface area contributed by atoms with E-state index in [0.29, 0.717) is 11.3 Å². The van der Waals surface area contributed by atoms with Gasteiger partial charge >= 0.3 is 11.9 Å². The van der Waals surface area contributed by atoms with E-state index in [0.717, 1.165) is 11.6 Å². The zero-order valence-corrected chi connectivity index (χ0v) is 11.7. The van der Waals surface area contributed by atoms with Gasteiger partial charge < -0.3 is 14.9 Å². The molecule has 0 fully saturated rings. The van der Waals surface area contributed by atoms with Gasteiger partial charge in [0.25, 0.3) is 0 Å². The highest BCUT2D eigenvalue weighted by Gasteiger charge is 2.28. The monoisotopic (exact) mass is 278 g/mol. The average molecular weight is 278 g/mol. The van der Waals surface area contributed by atoms with Crippen LogP contribution in [0.4, 0.5) is 0 Å². The lowest BCUT2D eigenvalue weighted by molar-refractivity contribution is -0.148. The highest BCUT2D eigenvalue weighted by atomic mass is 16.5. The van der Waals surface area contributed by atoms with Crippen molar-refractivity contribution >= 4 is 18.0 Å². The van der Waals surface area contributed by atoms with Gasteiger partial charge in [-0.1, -0.05) is 11.6 Å². The van der Waals surface area contributed by atoms with E-state index >= 15 is 0 Å². The first-order valence-electron chi connectivity index (χ1n) is 6.10. The van der Waals surface area contributed by atoms with E-state index in [9.17, 15) is 9.59 Å². The summed E-state index contributed by atoms with van der Waals surface area (Å²) < 4.78 is 5.53. The first-order valence-corrected chi connectivity index (χ1v) is 6.10. The summed E-state index contributed by atoms with van der Waals surface area (Å²) in [6.45, 7) is 5.01. The molecule has 0 aliphatic carbocycles. The number of hydrogen-bond donors (Lipinski definition) is 2. The molecular formula is C15H18O5. The van der Waals surface area contributed by atoms with Crippen molar-refractivity contribution in [3.05, 3.63) is 35.4 Å². The molecule has 0 unspecified atom stereocenters. The topological polar surface area (TPSA) is 83.8 Å². The number of benzene rings is 1. The lowest BCUT2D eigenvalue weighted by atomic mass is 9.95. The fourth-order valence-electron chi connectivity index (χ4n) is 1.41. The minimum Gasteiger partial charge on any atom is -0.492 e. The van der Waals surface area contributed by atoms with Gasteiger partial charge in [-0.15, -0.1) is 0 Å². The van der Waals surface area contributed by atoms with Crippen LogP contribution in [0, 0.1) is 12.3 Å². The van der Waals surface area contributed by atoms with Gasteiger partial charge in [0.1, 0.15) is 12.4 Å². The number of carbonyl (C=O) groups is 2. The highest BCUT2D eigenvalue weighted by molar-refractivity contribution is 5.86. The molecule has 0 heterocycles. The van der Waals surface area contributed by atoms with Gasteiger partial charge in [-0.2, -0.15) is 0 Å². The van der Waals surface area contributed by atoms with E-state index in [4.69, 9.17) is 14.9 Å². The molecule has 2 N–H and O–H groups in total. The van der Waals surface area contributed by atoms with Gasteiger partial charge in [0.05, 0.1) is 5.41 Å². The normalized spacial score (nSPS) is 11.6. The molecule has 108 valence electrons. The van der Waals surface area contributed by atoms with E-state index in [1.807, 2.05) is 13.0 Å². The van der Waals surface area contributed by atoms with Crippen LogP contribution < -0.4 is 4.74 Å². The number of ether oxygens (including phenoxy) is 1. The maximum atomic E-state index is 11.0. The Bertz CT molecular complexity index is 543. The molecule has 20 heavy (non-hydrogen) atoms. The highest BCUT2D eigenvalue weighted by Crippen LogP contribution is 2.24. The molecule has 0 aromatic heterocycles. The summed E-state index contributed by atoms with van der Waals surface area (Å²) in [4.78, 5) is 21.6. The van der Waals surface area contributed by atoms with E-state index in [1.54, 1.807) is 26.0 Å². The molecule has 0 spiro atoms. The maximum absolute atomic E-state index is 11.0. The molecule has 0 bridgehead atoms. The molecule has 0 radical (unpaired) electrons. The van der Waals surface area contributed by atoms with Crippen LogP contribution >= 0.6 is 0 Å². The Labute approximate surface area is 117 Å². The Morgan fingerprint density at radius 3 is 2.50 bits per heavy atom. The Hall–Kier alpha value is -2.30. The second-order valence-corrected chi connectivity index (χ2v) is 5.19. The van der Waals surface area contributed by atoms with Crippen LogP contribution in [0.15, 0.2) is 24.3 Å². The fourth-order valence-corrected chi connectivity index (χ4v) is 1.41. The van der Waals surface area contributed by atoms with Gasteiger partial charge in [-0.05, 0) is 39.0 Å². The van der Waals surface area contributed by atoms with Crippen LogP contribution in [0.1, 0.15) is 25.0 Å². The first-order chi connectivity index (χ1) is 9.22. The van der Waals surface area contributed by atoms with Crippen molar-refractivity contribution in [1.82, 2.24) is 0 Å². The molecular weight excluding hydrogens is 260 g/mol. The summed E-state index contributed by atoms with van der Waals surface area (Å²) in [6.07, 6.45) is 2.45. The first kappa shape index (κ1) is 15.8. The molecule has 0 saturated heterocycles. The second-order valence-electron chi connectivity index (χ2n) is 5.19. The van der Waals surface area contributed by atoms with Crippen molar-refractivity contribution in [2.75, 3.05) is 6.61 Å².